The van der Waals surface area contributed by atoms with Crippen LogP contribution in [0.5, 0.6) is 11.5 Å². The van der Waals surface area contributed by atoms with Gasteiger partial charge < -0.3 is 14.4 Å². The molecule has 0 aliphatic carbocycles. The molecule has 0 saturated heterocycles. The molecule has 4 aromatic carbocycles. The molecule has 208 valence electrons. The maximum Gasteiger partial charge on any atom is 0.264 e. The molecule has 0 atom stereocenters. The number of hydrogen-bond donors (Lipinski definition) is 1. The predicted molar refractivity (Wildman–Crippen MR) is 153 cm³/mol. The first-order chi connectivity index (χ1) is 19.8. The summed E-state index contributed by atoms with van der Waals surface area (Å²) in [6, 6.07) is 21.7. The molecule has 2 amide bonds. The summed E-state index contributed by atoms with van der Waals surface area (Å²) in [6.07, 6.45) is -0.182. The summed E-state index contributed by atoms with van der Waals surface area (Å²) < 4.78 is 39.2. The molecular formula is C31H27N3O6S. The number of fused-ring (bicyclic) bond motifs is 2. The lowest BCUT2D eigenvalue weighted by molar-refractivity contribution is -0.118. The topological polar surface area (TPSA) is 126 Å². The Morgan fingerprint density at radius 2 is 1.54 bits per heavy atom. The summed E-state index contributed by atoms with van der Waals surface area (Å²) in [5, 5.41) is 10.6. The maximum absolute atomic E-state index is 13.7. The minimum Gasteiger partial charge on any atom is -0.493 e. The van der Waals surface area contributed by atoms with Gasteiger partial charge in [-0.05, 0) is 55.8 Å². The van der Waals surface area contributed by atoms with E-state index in [-0.39, 0.29) is 23.8 Å². The van der Waals surface area contributed by atoms with Crippen molar-refractivity contribution in [2.45, 2.75) is 31.7 Å². The van der Waals surface area contributed by atoms with Gasteiger partial charge in [0.1, 0.15) is 11.5 Å². The number of nitrogens with one attached hydrogen (secondary N) is 1. The van der Waals surface area contributed by atoms with Crippen molar-refractivity contribution < 1.29 is 27.5 Å². The van der Waals surface area contributed by atoms with Crippen LogP contribution in [0.25, 0.3) is 10.8 Å². The molecule has 9 nitrogen and oxygen atoms in total. The highest BCUT2D eigenvalue weighted by atomic mass is 32.2. The quantitative estimate of drug-likeness (QED) is 0.309. The molecule has 1 aliphatic heterocycles. The normalized spacial score (nSPS) is 12.6. The summed E-state index contributed by atoms with van der Waals surface area (Å²) in [6.45, 7) is 4.90. The Hall–Kier alpha value is -4.88. The van der Waals surface area contributed by atoms with Crippen LogP contribution < -0.4 is 19.1 Å². The van der Waals surface area contributed by atoms with E-state index in [0.29, 0.717) is 47.1 Å². The Kier molecular flexibility index (Phi) is 7.64. The second-order valence-corrected chi connectivity index (χ2v) is 11.0. The van der Waals surface area contributed by atoms with E-state index in [1.54, 1.807) is 29.2 Å². The average Bonchev–Trinajstić information content (AvgIpc) is 3.31. The fourth-order valence-electron chi connectivity index (χ4n) is 4.91. The zero-order chi connectivity index (χ0) is 29.1. The molecule has 0 aromatic heterocycles. The molecular weight excluding hydrogens is 542 g/mol. The van der Waals surface area contributed by atoms with Crippen LogP contribution in [0.1, 0.15) is 40.9 Å². The lowest BCUT2D eigenvalue weighted by Crippen LogP contribution is -2.31. The summed E-state index contributed by atoms with van der Waals surface area (Å²) in [7, 11) is -4.08. The standard InChI is InChI=1S/C31H27N3O6S/c1-3-39-29-24-7-5-6-8-25(24)30(40-4-2)28-26(29)19-34(31(28)36)22-13-9-20(10-14-22)17-27(35)33-41(37,38)23-15-11-21(18-32)12-16-23/h5-16H,3-4,17,19H2,1-2H3,(H,33,35). The summed E-state index contributed by atoms with van der Waals surface area (Å²) in [4.78, 5) is 27.8. The molecule has 5 rings (SSSR count). The highest BCUT2D eigenvalue weighted by Gasteiger charge is 2.36. The van der Waals surface area contributed by atoms with E-state index in [1.165, 1.54) is 24.3 Å². The van der Waals surface area contributed by atoms with Crippen LogP contribution in [-0.2, 0) is 27.8 Å². The van der Waals surface area contributed by atoms with Gasteiger partial charge in [0.25, 0.3) is 15.9 Å². The molecule has 0 unspecified atom stereocenters. The maximum atomic E-state index is 13.7. The van der Waals surface area contributed by atoms with Gasteiger partial charge >= 0.3 is 0 Å². The number of rotatable bonds is 9. The van der Waals surface area contributed by atoms with E-state index in [4.69, 9.17) is 14.7 Å². The molecule has 1 heterocycles. The second kappa shape index (κ2) is 11.3. The zero-order valence-electron chi connectivity index (χ0n) is 22.5. The lowest BCUT2D eigenvalue weighted by Gasteiger charge is -2.16. The van der Waals surface area contributed by atoms with E-state index in [1.807, 2.05) is 44.2 Å². The van der Waals surface area contributed by atoms with Crippen molar-refractivity contribution in [3.05, 3.63) is 95.1 Å². The molecule has 0 bridgehead atoms. The van der Waals surface area contributed by atoms with Crippen LogP contribution >= 0.6 is 0 Å². The third kappa shape index (κ3) is 5.32. The van der Waals surface area contributed by atoms with E-state index >= 15 is 0 Å². The second-order valence-electron chi connectivity index (χ2n) is 9.32. The molecule has 4 aromatic rings. The molecule has 0 spiro atoms. The zero-order valence-corrected chi connectivity index (χ0v) is 23.3. The Morgan fingerprint density at radius 1 is 0.927 bits per heavy atom. The van der Waals surface area contributed by atoms with E-state index in [9.17, 15) is 18.0 Å². The van der Waals surface area contributed by atoms with Crippen LogP contribution in [0.4, 0.5) is 5.69 Å². The molecule has 0 saturated carbocycles. The van der Waals surface area contributed by atoms with Gasteiger partial charge in [-0.25, -0.2) is 13.1 Å². The summed E-state index contributed by atoms with van der Waals surface area (Å²) >= 11 is 0. The van der Waals surface area contributed by atoms with Crippen LogP contribution in [0, 0.1) is 11.3 Å². The lowest BCUT2D eigenvalue weighted by atomic mass is 9.99. The number of nitriles is 1. The van der Waals surface area contributed by atoms with Crippen molar-refractivity contribution in [2.75, 3.05) is 18.1 Å². The van der Waals surface area contributed by atoms with Crippen LogP contribution in [-0.4, -0.2) is 33.4 Å². The van der Waals surface area contributed by atoms with Crippen molar-refractivity contribution in [1.82, 2.24) is 4.72 Å². The van der Waals surface area contributed by atoms with Gasteiger partial charge in [-0.3, -0.25) is 9.59 Å². The van der Waals surface area contributed by atoms with Crippen molar-refractivity contribution in [1.29, 1.82) is 5.26 Å². The third-order valence-corrected chi connectivity index (χ3v) is 8.12. The Morgan fingerprint density at radius 3 is 2.15 bits per heavy atom. The monoisotopic (exact) mass is 569 g/mol. The Bertz CT molecular complexity index is 1790. The highest BCUT2D eigenvalue weighted by molar-refractivity contribution is 7.90. The fraction of sp³-hybridized carbons (Fsp3) is 0.194. The number of ether oxygens (including phenoxy) is 2. The van der Waals surface area contributed by atoms with Crippen molar-refractivity contribution in [3.8, 4) is 17.6 Å². The molecule has 41 heavy (non-hydrogen) atoms. The molecule has 10 heteroatoms. The molecule has 1 N–H and O–H groups in total. The number of hydrogen-bond acceptors (Lipinski definition) is 7. The van der Waals surface area contributed by atoms with Gasteiger partial charge in [-0.1, -0.05) is 36.4 Å². The average molecular weight is 570 g/mol. The van der Waals surface area contributed by atoms with E-state index in [0.717, 1.165) is 16.3 Å². The van der Waals surface area contributed by atoms with Gasteiger partial charge in [-0.2, -0.15) is 5.26 Å². The number of carbonyl (C=O) groups excluding carboxylic acids is 2. The largest absolute Gasteiger partial charge is 0.493 e. The Labute approximate surface area is 238 Å². The smallest absolute Gasteiger partial charge is 0.264 e. The van der Waals surface area contributed by atoms with Crippen molar-refractivity contribution >= 4 is 38.3 Å². The van der Waals surface area contributed by atoms with Gasteiger partial charge in [0.05, 0.1) is 48.3 Å². The fourth-order valence-corrected chi connectivity index (χ4v) is 5.90. The van der Waals surface area contributed by atoms with Crippen LogP contribution in [0.15, 0.2) is 77.7 Å². The van der Waals surface area contributed by atoms with Gasteiger partial charge in [-0.15, -0.1) is 0 Å². The number of amides is 2. The Balaban J connectivity index is 1.37. The first-order valence-corrected chi connectivity index (χ1v) is 14.6. The third-order valence-electron chi connectivity index (χ3n) is 6.73. The van der Waals surface area contributed by atoms with E-state index in [2.05, 4.69) is 4.72 Å². The van der Waals surface area contributed by atoms with E-state index < -0.39 is 15.9 Å². The molecule has 0 fully saturated rings. The van der Waals surface area contributed by atoms with Gasteiger partial charge in [0, 0.05) is 22.0 Å². The summed E-state index contributed by atoms with van der Waals surface area (Å²) in [5.74, 6) is 0.273. The van der Waals surface area contributed by atoms with Crippen molar-refractivity contribution in [3.63, 3.8) is 0 Å². The molecule has 0 radical (unpaired) electrons. The SMILES string of the molecule is CCOc1c2c(c(OCC)c3ccccc13)C(=O)N(c1ccc(CC(=O)NS(=O)(=O)c3ccc(C#N)cc3)cc1)C2. The molecule has 1 aliphatic rings. The highest BCUT2D eigenvalue weighted by Crippen LogP contribution is 2.46. The van der Waals surface area contributed by atoms with Gasteiger partial charge in [0.2, 0.25) is 5.91 Å². The van der Waals surface area contributed by atoms with Crippen molar-refractivity contribution in [2.24, 2.45) is 0 Å². The number of benzene rings is 4. The first kappa shape index (κ1) is 27.7. The number of sulfonamides is 1. The first-order valence-electron chi connectivity index (χ1n) is 13.1. The summed E-state index contributed by atoms with van der Waals surface area (Å²) in [5.41, 5.74) is 2.74. The van der Waals surface area contributed by atoms with Gasteiger partial charge in [0.15, 0.2) is 0 Å². The predicted octanol–water partition coefficient (Wildman–Crippen LogP) is 4.72. The van der Waals surface area contributed by atoms with Crippen LogP contribution in [0.2, 0.25) is 0 Å². The minimum absolute atomic E-state index is 0.113. The number of carbonyl (C=O) groups is 2. The number of nitrogens with zero attached hydrogens (tertiary/aromatic N) is 2. The minimum atomic E-state index is -4.08. The van der Waals surface area contributed by atoms with Crippen LogP contribution in [0.3, 0.4) is 0 Å². The number of anilines is 1.